The van der Waals surface area contributed by atoms with Crippen molar-refractivity contribution in [1.29, 1.82) is 0 Å². The Balaban J connectivity index is 1.40. The van der Waals surface area contributed by atoms with Crippen LogP contribution in [0.2, 0.25) is 0 Å². The van der Waals surface area contributed by atoms with Crippen LogP contribution in [0.3, 0.4) is 0 Å². The normalized spacial score (nSPS) is 14.8. The van der Waals surface area contributed by atoms with Crippen molar-refractivity contribution >= 4 is 17.5 Å². The number of carbonyl (C=O) groups is 1. The Bertz CT molecular complexity index is 925. The first-order valence-electron chi connectivity index (χ1n) is 8.86. The number of anilines is 1. The number of aryl methyl sites for hydroxylation is 2. The lowest BCUT2D eigenvalue weighted by molar-refractivity contribution is -0.130. The molecule has 0 aliphatic carbocycles. The molecule has 1 saturated heterocycles. The van der Waals surface area contributed by atoms with Gasteiger partial charge < -0.3 is 9.80 Å². The van der Waals surface area contributed by atoms with Gasteiger partial charge in [-0.2, -0.15) is 4.98 Å². The highest BCUT2D eigenvalue weighted by molar-refractivity contribution is 5.79. The van der Waals surface area contributed by atoms with Crippen LogP contribution in [0.25, 0.3) is 5.78 Å². The monoisotopic (exact) mass is 350 g/mol. The number of carbonyl (C=O) groups excluding carboxylic acids is 1. The highest BCUT2D eigenvalue weighted by Gasteiger charge is 2.22. The van der Waals surface area contributed by atoms with Crippen LogP contribution in [0.15, 0.2) is 36.7 Å². The second-order valence-electron chi connectivity index (χ2n) is 6.79. The van der Waals surface area contributed by atoms with Crippen LogP contribution >= 0.6 is 0 Å². The van der Waals surface area contributed by atoms with Crippen LogP contribution in [-0.4, -0.2) is 56.6 Å². The summed E-state index contributed by atoms with van der Waals surface area (Å²) in [5.41, 5.74) is 3.33. The van der Waals surface area contributed by atoms with E-state index in [2.05, 4.69) is 39.1 Å². The predicted octanol–water partition coefficient (Wildman–Crippen LogP) is 1.63. The van der Waals surface area contributed by atoms with E-state index in [1.165, 1.54) is 5.56 Å². The summed E-state index contributed by atoms with van der Waals surface area (Å²) in [6, 6.07) is 10.2. The fourth-order valence-electron chi connectivity index (χ4n) is 3.28. The Hall–Kier alpha value is -2.96. The van der Waals surface area contributed by atoms with Crippen molar-refractivity contribution in [3.05, 3.63) is 53.5 Å². The third kappa shape index (κ3) is 3.24. The maximum atomic E-state index is 12.6. The maximum Gasteiger partial charge on any atom is 0.256 e. The van der Waals surface area contributed by atoms with Crippen molar-refractivity contribution in [1.82, 2.24) is 24.5 Å². The minimum absolute atomic E-state index is 0.186. The number of benzene rings is 1. The van der Waals surface area contributed by atoms with Crippen molar-refractivity contribution in [2.75, 3.05) is 31.1 Å². The average Bonchev–Trinajstić information content (AvgIpc) is 3.13. The third-order valence-corrected chi connectivity index (χ3v) is 4.89. The van der Waals surface area contributed by atoms with Crippen LogP contribution in [0, 0.1) is 13.8 Å². The number of amides is 1. The molecule has 1 fully saturated rings. The van der Waals surface area contributed by atoms with Gasteiger partial charge in [-0.3, -0.25) is 9.20 Å². The molecule has 7 nitrogen and oxygen atoms in total. The van der Waals surface area contributed by atoms with E-state index in [1.807, 2.05) is 34.4 Å². The molecule has 1 aliphatic heterocycles. The molecule has 1 aliphatic rings. The molecule has 1 aromatic carbocycles. The Kier molecular flexibility index (Phi) is 4.28. The molecule has 3 heterocycles. The van der Waals surface area contributed by atoms with Gasteiger partial charge in [0.2, 0.25) is 5.91 Å². The molecule has 7 heteroatoms. The van der Waals surface area contributed by atoms with E-state index >= 15 is 0 Å². The van der Waals surface area contributed by atoms with Gasteiger partial charge in [0.05, 0.1) is 6.42 Å². The summed E-state index contributed by atoms with van der Waals surface area (Å²) in [6.07, 6.45) is 2.13. The Morgan fingerprint density at radius 2 is 1.81 bits per heavy atom. The quantitative estimate of drug-likeness (QED) is 0.718. The summed E-state index contributed by atoms with van der Waals surface area (Å²) in [6.45, 7) is 7.04. The van der Waals surface area contributed by atoms with E-state index in [0.29, 0.717) is 25.3 Å². The van der Waals surface area contributed by atoms with Crippen molar-refractivity contribution in [2.24, 2.45) is 0 Å². The molecule has 0 atom stereocenters. The van der Waals surface area contributed by atoms with Gasteiger partial charge in [-0.25, -0.2) is 0 Å². The van der Waals surface area contributed by atoms with E-state index in [-0.39, 0.29) is 5.91 Å². The summed E-state index contributed by atoms with van der Waals surface area (Å²) < 4.78 is 1.87. The molecular weight excluding hydrogens is 328 g/mol. The van der Waals surface area contributed by atoms with Gasteiger partial charge in [0, 0.05) is 37.9 Å². The zero-order valence-corrected chi connectivity index (χ0v) is 15.1. The number of hydrogen-bond acceptors (Lipinski definition) is 5. The summed E-state index contributed by atoms with van der Waals surface area (Å²) in [4.78, 5) is 21.3. The molecule has 2 aromatic heterocycles. The number of nitrogens with zero attached hydrogens (tertiary/aromatic N) is 6. The van der Waals surface area contributed by atoms with Gasteiger partial charge in [0.1, 0.15) is 12.1 Å². The highest BCUT2D eigenvalue weighted by Crippen LogP contribution is 2.17. The molecule has 4 rings (SSSR count). The number of hydrogen-bond donors (Lipinski definition) is 0. The molecular formula is C19H22N6O. The molecule has 0 spiro atoms. The molecule has 0 N–H and O–H groups in total. The predicted molar refractivity (Wildman–Crippen MR) is 99.2 cm³/mol. The first-order chi connectivity index (χ1) is 12.6. The SMILES string of the molecule is Cc1ccc(CC(=O)N2CCN(c3cc(C)n4cnnc4n3)CC2)cc1. The molecule has 1 amide bonds. The lowest BCUT2D eigenvalue weighted by Crippen LogP contribution is -2.49. The van der Waals surface area contributed by atoms with E-state index in [0.717, 1.165) is 30.2 Å². The minimum atomic E-state index is 0.186. The number of rotatable bonds is 3. The van der Waals surface area contributed by atoms with Gasteiger partial charge in [-0.15, -0.1) is 10.2 Å². The fraction of sp³-hybridized carbons (Fsp3) is 0.368. The molecule has 134 valence electrons. The maximum absolute atomic E-state index is 12.6. The Morgan fingerprint density at radius 1 is 1.08 bits per heavy atom. The Labute approximate surface area is 152 Å². The van der Waals surface area contributed by atoms with E-state index in [1.54, 1.807) is 6.33 Å². The standard InChI is InChI=1S/C19H22N6O/c1-14-3-5-16(6-4-14)12-18(26)24-9-7-23(8-10-24)17-11-15(2)25-13-20-22-19(25)21-17/h3-6,11,13H,7-10,12H2,1-2H3. The van der Waals surface area contributed by atoms with Gasteiger partial charge in [-0.05, 0) is 19.4 Å². The number of fused-ring (bicyclic) bond motifs is 1. The molecule has 0 radical (unpaired) electrons. The second-order valence-corrected chi connectivity index (χ2v) is 6.79. The lowest BCUT2D eigenvalue weighted by atomic mass is 10.1. The Morgan fingerprint density at radius 3 is 2.54 bits per heavy atom. The summed E-state index contributed by atoms with van der Waals surface area (Å²) in [5, 5.41) is 7.95. The van der Waals surface area contributed by atoms with E-state index < -0.39 is 0 Å². The molecule has 26 heavy (non-hydrogen) atoms. The van der Waals surface area contributed by atoms with Gasteiger partial charge in [-0.1, -0.05) is 29.8 Å². The fourth-order valence-corrected chi connectivity index (χ4v) is 3.28. The van der Waals surface area contributed by atoms with Gasteiger partial charge in [0.25, 0.3) is 5.78 Å². The topological polar surface area (TPSA) is 66.6 Å². The average molecular weight is 350 g/mol. The van der Waals surface area contributed by atoms with Gasteiger partial charge >= 0.3 is 0 Å². The zero-order chi connectivity index (χ0) is 18.1. The first kappa shape index (κ1) is 16.5. The largest absolute Gasteiger partial charge is 0.353 e. The van der Waals surface area contributed by atoms with Crippen molar-refractivity contribution < 1.29 is 4.79 Å². The van der Waals surface area contributed by atoms with E-state index in [4.69, 9.17) is 0 Å². The minimum Gasteiger partial charge on any atom is -0.353 e. The smallest absolute Gasteiger partial charge is 0.256 e. The van der Waals surface area contributed by atoms with Crippen molar-refractivity contribution in [3.63, 3.8) is 0 Å². The number of piperazine rings is 1. The van der Waals surface area contributed by atoms with Crippen LogP contribution in [-0.2, 0) is 11.2 Å². The van der Waals surface area contributed by atoms with Crippen LogP contribution in [0.4, 0.5) is 5.82 Å². The van der Waals surface area contributed by atoms with Gasteiger partial charge in [0.15, 0.2) is 0 Å². The highest BCUT2D eigenvalue weighted by atomic mass is 16.2. The summed E-state index contributed by atoms with van der Waals surface area (Å²) >= 11 is 0. The van der Waals surface area contributed by atoms with Crippen molar-refractivity contribution in [3.8, 4) is 0 Å². The third-order valence-electron chi connectivity index (χ3n) is 4.89. The molecule has 0 bridgehead atoms. The summed E-state index contributed by atoms with van der Waals surface area (Å²) in [7, 11) is 0. The second kappa shape index (κ2) is 6.74. The molecule has 0 unspecified atom stereocenters. The van der Waals surface area contributed by atoms with E-state index in [9.17, 15) is 4.79 Å². The van der Waals surface area contributed by atoms with Crippen LogP contribution in [0.1, 0.15) is 16.8 Å². The van der Waals surface area contributed by atoms with Crippen LogP contribution < -0.4 is 4.90 Å². The number of aromatic nitrogens is 4. The van der Waals surface area contributed by atoms with Crippen molar-refractivity contribution in [2.45, 2.75) is 20.3 Å². The lowest BCUT2D eigenvalue weighted by Gasteiger charge is -2.35. The first-order valence-corrected chi connectivity index (χ1v) is 8.86. The zero-order valence-electron chi connectivity index (χ0n) is 15.1. The van der Waals surface area contributed by atoms with Crippen LogP contribution in [0.5, 0.6) is 0 Å². The summed E-state index contributed by atoms with van der Waals surface area (Å²) in [5.74, 6) is 1.69. The molecule has 3 aromatic rings. The molecule has 0 saturated carbocycles.